The molecule has 0 fully saturated rings. The summed E-state index contributed by atoms with van der Waals surface area (Å²) in [7, 11) is 1.55. The van der Waals surface area contributed by atoms with Crippen LogP contribution in [0.5, 0.6) is 5.75 Å². The van der Waals surface area contributed by atoms with Gasteiger partial charge in [0.05, 0.1) is 19.2 Å². The zero-order valence-corrected chi connectivity index (χ0v) is 13.6. The normalized spacial score (nSPS) is 11.1. The molecule has 124 valence electrons. The Bertz CT molecular complexity index is 1150. The SMILES string of the molecule is COc1ccc2oc(=O)n(CC(=O)c3ccc4ccccc4c3)c2c1. The molecule has 0 bridgehead atoms. The number of Topliss-reactive ketones (excluding diaryl/α,β-unsaturated/α-hetero) is 1. The lowest BCUT2D eigenvalue weighted by atomic mass is 10.0. The second kappa shape index (κ2) is 5.94. The van der Waals surface area contributed by atoms with E-state index in [0.29, 0.717) is 22.4 Å². The third-order valence-electron chi connectivity index (χ3n) is 4.25. The van der Waals surface area contributed by atoms with Crippen molar-refractivity contribution in [2.75, 3.05) is 7.11 Å². The highest BCUT2D eigenvalue weighted by molar-refractivity contribution is 6.00. The predicted molar refractivity (Wildman–Crippen MR) is 95.3 cm³/mol. The maximum atomic E-state index is 12.7. The van der Waals surface area contributed by atoms with Gasteiger partial charge in [-0.25, -0.2) is 4.79 Å². The van der Waals surface area contributed by atoms with Crippen molar-refractivity contribution >= 4 is 27.7 Å². The summed E-state index contributed by atoms with van der Waals surface area (Å²) in [4.78, 5) is 24.8. The Morgan fingerprint density at radius 2 is 1.84 bits per heavy atom. The van der Waals surface area contributed by atoms with Crippen LogP contribution in [0.4, 0.5) is 0 Å². The number of ketones is 1. The Morgan fingerprint density at radius 1 is 1.04 bits per heavy atom. The average molecular weight is 333 g/mol. The van der Waals surface area contributed by atoms with E-state index in [2.05, 4.69) is 0 Å². The van der Waals surface area contributed by atoms with E-state index in [1.807, 2.05) is 36.4 Å². The molecular formula is C20H15NO4. The third-order valence-corrected chi connectivity index (χ3v) is 4.25. The van der Waals surface area contributed by atoms with Crippen molar-refractivity contribution in [1.82, 2.24) is 4.57 Å². The van der Waals surface area contributed by atoms with Crippen LogP contribution in [0.25, 0.3) is 21.9 Å². The Hall–Kier alpha value is -3.34. The first-order chi connectivity index (χ1) is 12.2. The number of fused-ring (bicyclic) bond motifs is 2. The Morgan fingerprint density at radius 3 is 2.64 bits per heavy atom. The van der Waals surface area contributed by atoms with E-state index in [1.165, 1.54) is 4.57 Å². The lowest BCUT2D eigenvalue weighted by Crippen LogP contribution is -2.20. The summed E-state index contributed by atoms with van der Waals surface area (Å²) in [6, 6.07) is 18.4. The van der Waals surface area contributed by atoms with Crippen LogP contribution in [-0.4, -0.2) is 17.5 Å². The molecule has 0 radical (unpaired) electrons. The number of aromatic nitrogens is 1. The number of carbonyl (C=O) groups excluding carboxylic acids is 1. The molecule has 0 amide bonds. The fourth-order valence-electron chi connectivity index (χ4n) is 2.92. The van der Waals surface area contributed by atoms with Gasteiger partial charge in [-0.3, -0.25) is 9.36 Å². The number of carbonyl (C=O) groups is 1. The van der Waals surface area contributed by atoms with Crippen molar-refractivity contribution in [3.05, 3.63) is 76.8 Å². The van der Waals surface area contributed by atoms with Gasteiger partial charge in [0.25, 0.3) is 0 Å². The second-order valence-corrected chi connectivity index (χ2v) is 5.77. The molecule has 0 aliphatic carbocycles. The van der Waals surface area contributed by atoms with E-state index in [-0.39, 0.29) is 12.3 Å². The number of benzene rings is 3. The molecule has 0 aliphatic heterocycles. The van der Waals surface area contributed by atoms with Gasteiger partial charge in [-0.1, -0.05) is 36.4 Å². The highest BCUT2D eigenvalue weighted by Crippen LogP contribution is 2.21. The van der Waals surface area contributed by atoms with E-state index in [0.717, 1.165) is 10.8 Å². The van der Waals surface area contributed by atoms with Crippen LogP contribution >= 0.6 is 0 Å². The lowest BCUT2D eigenvalue weighted by molar-refractivity contribution is 0.0970. The number of methoxy groups -OCH3 is 1. The fraction of sp³-hybridized carbons (Fsp3) is 0.100. The first kappa shape index (κ1) is 15.2. The number of oxazole rings is 1. The third kappa shape index (κ3) is 2.70. The van der Waals surface area contributed by atoms with Crippen LogP contribution in [0.1, 0.15) is 10.4 Å². The van der Waals surface area contributed by atoms with Crippen LogP contribution in [0.3, 0.4) is 0 Å². The van der Waals surface area contributed by atoms with Gasteiger partial charge in [0.15, 0.2) is 11.4 Å². The van der Waals surface area contributed by atoms with E-state index in [4.69, 9.17) is 9.15 Å². The highest BCUT2D eigenvalue weighted by Gasteiger charge is 2.15. The van der Waals surface area contributed by atoms with Crippen molar-refractivity contribution in [3.63, 3.8) is 0 Å². The summed E-state index contributed by atoms with van der Waals surface area (Å²) in [5.74, 6) is -0.115. The standard InChI is InChI=1S/C20H15NO4/c1-24-16-8-9-19-17(11-16)21(20(23)25-19)12-18(22)15-7-6-13-4-2-3-5-14(13)10-15/h2-11H,12H2,1H3. The topological polar surface area (TPSA) is 61.4 Å². The second-order valence-electron chi connectivity index (χ2n) is 5.77. The van der Waals surface area contributed by atoms with Gasteiger partial charge in [-0.15, -0.1) is 0 Å². The summed E-state index contributed by atoms with van der Waals surface area (Å²) in [6.07, 6.45) is 0. The predicted octanol–water partition coefficient (Wildman–Crippen LogP) is 3.64. The quantitative estimate of drug-likeness (QED) is 0.535. The van der Waals surface area contributed by atoms with Crippen LogP contribution in [0.15, 0.2) is 69.9 Å². The molecule has 3 aromatic carbocycles. The smallest absolute Gasteiger partial charge is 0.420 e. The van der Waals surface area contributed by atoms with Crippen LogP contribution in [0, 0.1) is 0 Å². The van der Waals surface area contributed by atoms with Crippen molar-refractivity contribution < 1.29 is 13.9 Å². The van der Waals surface area contributed by atoms with Crippen molar-refractivity contribution in [2.45, 2.75) is 6.54 Å². The molecule has 5 heteroatoms. The number of hydrogen-bond donors (Lipinski definition) is 0. The van der Waals surface area contributed by atoms with Gasteiger partial charge in [-0.2, -0.15) is 0 Å². The largest absolute Gasteiger partial charge is 0.497 e. The maximum absolute atomic E-state index is 12.7. The molecule has 4 rings (SSSR count). The zero-order valence-electron chi connectivity index (χ0n) is 13.6. The van der Waals surface area contributed by atoms with Crippen molar-refractivity contribution in [3.8, 4) is 5.75 Å². The summed E-state index contributed by atoms with van der Waals surface area (Å²) in [6.45, 7) is -0.0860. The number of rotatable bonds is 4. The first-order valence-corrected chi connectivity index (χ1v) is 7.85. The van der Waals surface area contributed by atoms with Gasteiger partial charge in [0.2, 0.25) is 0 Å². The van der Waals surface area contributed by atoms with Gasteiger partial charge in [0.1, 0.15) is 5.75 Å². The minimum Gasteiger partial charge on any atom is -0.497 e. The van der Waals surface area contributed by atoms with Crippen LogP contribution in [0.2, 0.25) is 0 Å². The zero-order chi connectivity index (χ0) is 17.4. The molecule has 0 saturated heterocycles. The minimum atomic E-state index is -0.558. The van der Waals surface area contributed by atoms with E-state index in [1.54, 1.807) is 31.4 Å². The molecule has 0 N–H and O–H groups in total. The maximum Gasteiger partial charge on any atom is 0.420 e. The fourth-order valence-corrected chi connectivity index (χ4v) is 2.92. The van der Waals surface area contributed by atoms with E-state index >= 15 is 0 Å². The van der Waals surface area contributed by atoms with Gasteiger partial charge < -0.3 is 9.15 Å². The molecule has 5 nitrogen and oxygen atoms in total. The summed E-state index contributed by atoms with van der Waals surface area (Å²) in [5, 5.41) is 2.05. The molecule has 0 spiro atoms. The average Bonchev–Trinajstić information content (AvgIpc) is 2.95. The minimum absolute atomic E-state index is 0.0860. The molecule has 0 unspecified atom stereocenters. The Balaban J connectivity index is 1.73. The summed E-state index contributed by atoms with van der Waals surface area (Å²) < 4.78 is 11.7. The summed E-state index contributed by atoms with van der Waals surface area (Å²) >= 11 is 0. The Labute approximate surface area is 143 Å². The van der Waals surface area contributed by atoms with Crippen molar-refractivity contribution in [1.29, 1.82) is 0 Å². The molecule has 1 aromatic heterocycles. The monoisotopic (exact) mass is 333 g/mol. The molecular weight excluding hydrogens is 318 g/mol. The van der Waals surface area contributed by atoms with Crippen LogP contribution in [-0.2, 0) is 6.54 Å². The first-order valence-electron chi connectivity index (χ1n) is 7.85. The van der Waals surface area contributed by atoms with E-state index in [9.17, 15) is 9.59 Å². The van der Waals surface area contributed by atoms with Crippen molar-refractivity contribution in [2.24, 2.45) is 0 Å². The lowest BCUT2D eigenvalue weighted by Gasteiger charge is -2.05. The molecule has 1 heterocycles. The molecule has 4 aromatic rings. The molecule has 0 aliphatic rings. The van der Waals surface area contributed by atoms with Gasteiger partial charge in [-0.05, 0) is 29.0 Å². The summed E-state index contributed by atoms with van der Waals surface area (Å²) in [5.41, 5.74) is 1.53. The molecule has 25 heavy (non-hydrogen) atoms. The highest BCUT2D eigenvalue weighted by atomic mass is 16.5. The molecule has 0 saturated carbocycles. The van der Waals surface area contributed by atoms with Gasteiger partial charge in [0, 0.05) is 11.6 Å². The van der Waals surface area contributed by atoms with Crippen LogP contribution < -0.4 is 10.5 Å². The Kier molecular flexibility index (Phi) is 3.61. The molecule has 0 atom stereocenters. The number of hydrogen-bond acceptors (Lipinski definition) is 4. The number of ether oxygens (including phenoxy) is 1. The van der Waals surface area contributed by atoms with E-state index < -0.39 is 5.76 Å². The van der Waals surface area contributed by atoms with Gasteiger partial charge >= 0.3 is 5.76 Å². The number of nitrogens with zero attached hydrogens (tertiary/aromatic N) is 1.